The standard InChI is InChI=1S/C12H17F5O.Y/c1-5-6(2)8-3-7(5)4-9(8)11(18,10(13)14)12(15,16)17;/h5-10,18H,3-4H2,1-2H3;. The van der Waals surface area contributed by atoms with Crippen LogP contribution in [-0.2, 0) is 32.7 Å². The van der Waals surface area contributed by atoms with E-state index >= 15 is 0 Å². The van der Waals surface area contributed by atoms with Crippen LogP contribution in [-0.4, -0.2) is 23.3 Å². The Bertz CT molecular complexity index is 333. The molecule has 1 radical (unpaired) electrons. The SMILES string of the molecule is CC1C2CC(C1C)C(C(O)(C(F)F)C(F)(F)F)C2.[Y]. The molecule has 0 heterocycles. The van der Waals surface area contributed by atoms with Crippen LogP contribution in [0.2, 0.25) is 0 Å². The Morgan fingerprint density at radius 1 is 1.05 bits per heavy atom. The molecular formula is C12H17F5OY. The first-order chi connectivity index (χ1) is 8.10. The zero-order chi connectivity index (χ0) is 13.9. The van der Waals surface area contributed by atoms with Gasteiger partial charge >= 0.3 is 6.18 Å². The maximum Gasteiger partial charge on any atom is 0.423 e. The van der Waals surface area contributed by atoms with Crippen molar-refractivity contribution in [3.05, 3.63) is 0 Å². The Hall–Kier alpha value is 0.714. The minimum absolute atomic E-state index is 0. The van der Waals surface area contributed by atoms with Gasteiger partial charge in [0.2, 0.25) is 5.60 Å². The molecule has 7 heteroatoms. The maximum absolute atomic E-state index is 12.8. The van der Waals surface area contributed by atoms with Crippen molar-refractivity contribution in [3.63, 3.8) is 0 Å². The van der Waals surface area contributed by atoms with Crippen LogP contribution in [0.1, 0.15) is 26.7 Å². The normalized spacial score (nSPS) is 41.2. The van der Waals surface area contributed by atoms with E-state index in [0.29, 0.717) is 6.42 Å². The van der Waals surface area contributed by atoms with E-state index in [1.165, 1.54) is 0 Å². The van der Waals surface area contributed by atoms with Gasteiger partial charge in [-0.25, -0.2) is 8.78 Å². The molecule has 2 rings (SSSR count). The Balaban J connectivity index is 0.00000180. The Morgan fingerprint density at radius 3 is 1.89 bits per heavy atom. The summed E-state index contributed by atoms with van der Waals surface area (Å²) < 4.78 is 64.1. The largest absolute Gasteiger partial charge is 0.423 e. The van der Waals surface area contributed by atoms with E-state index in [0.717, 1.165) is 0 Å². The summed E-state index contributed by atoms with van der Waals surface area (Å²) in [6.45, 7) is 3.74. The number of halogens is 5. The smallest absolute Gasteiger partial charge is 0.376 e. The number of fused-ring (bicyclic) bond motifs is 2. The molecule has 0 saturated heterocycles. The fourth-order valence-corrected chi connectivity index (χ4v) is 3.94. The van der Waals surface area contributed by atoms with Crippen LogP contribution < -0.4 is 0 Å². The van der Waals surface area contributed by atoms with Crippen molar-refractivity contribution < 1.29 is 59.8 Å². The van der Waals surface area contributed by atoms with Gasteiger partial charge in [0.25, 0.3) is 6.43 Å². The predicted molar refractivity (Wildman–Crippen MR) is 55.0 cm³/mol. The summed E-state index contributed by atoms with van der Waals surface area (Å²) in [5.41, 5.74) is -3.85. The first kappa shape index (κ1) is 17.8. The molecule has 0 aromatic rings. The molecule has 0 aromatic heterocycles. The van der Waals surface area contributed by atoms with Crippen molar-refractivity contribution in [3.8, 4) is 0 Å². The van der Waals surface area contributed by atoms with Crippen molar-refractivity contribution in [2.24, 2.45) is 29.6 Å². The summed E-state index contributed by atoms with van der Waals surface area (Å²) in [6.07, 6.45) is -8.49. The van der Waals surface area contributed by atoms with Crippen molar-refractivity contribution in [2.75, 3.05) is 0 Å². The third-order valence-corrected chi connectivity index (χ3v) is 5.25. The van der Waals surface area contributed by atoms with E-state index in [4.69, 9.17) is 0 Å². The Morgan fingerprint density at radius 2 is 1.58 bits per heavy atom. The van der Waals surface area contributed by atoms with Crippen LogP contribution in [0.5, 0.6) is 0 Å². The zero-order valence-electron chi connectivity index (χ0n) is 10.8. The first-order valence-corrected chi connectivity index (χ1v) is 6.18. The van der Waals surface area contributed by atoms with E-state index < -0.39 is 30.0 Å². The molecule has 0 aliphatic heterocycles. The van der Waals surface area contributed by atoms with E-state index in [1.54, 1.807) is 6.92 Å². The molecule has 2 saturated carbocycles. The Labute approximate surface area is 134 Å². The third-order valence-electron chi connectivity index (χ3n) is 5.25. The second-order valence-electron chi connectivity index (χ2n) is 5.84. The number of hydrogen-bond acceptors (Lipinski definition) is 1. The van der Waals surface area contributed by atoms with Crippen molar-refractivity contribution in [1.29, 1.82) is 0 Å². The molecular weight excluding hydrogens is 344 g/mol. The topological polar surface area (TPSA) is 20.2 Å². The summed E-state index contributed by atoms with van der Waals surface area (Å²) in [5.74, 6) is -1.58. The monoisotopic (exact) mass is 361 g/mol. The van der Waals surface area contributed by atoms with Crippen molar-refractivity contribution in [1.82, 2.24) is 0 Å². The van der Waals surface area contributed by atoms with E-state index in [2.05, 4.69) is 0 Å². The van der Waals surface area contributed by atoms with Crippen LogP contribution in [0, 0.1) is 29.6 Å². The Kier molecular flexibility index (Phi) is 5.13. The van der Waals surface area contributed by atoms with Crippen LogP contribution in [0.4, 0.5) is 22.0 Å². The molecule has 109 valence electrons. The molecule has 1 nitrogen and oxygen atoms in total. The van der Waals surface area contributed by atoms with Gasteiger partial charge in [-0.1, -0.05) is 13.8 Å². The molecule has 1 N–H and O–H groups in total. The van der Waals surface area contributed by atoms with Crippen LogP contribution in [0.3, 0.4) is 0 Å². The quantitative estimate of drug-likeness (QED) is 0.747. The molecule has 2 aliphatic rings. The fraction of sp³-hybridized carbons (Fsp3) is 1.00. The number of alkyl halides is 5. The van der Waals surface area contributed by atoms with Gasteiger partial charge in [-0.05, 0) is 36.5 Å². The van der Waals surface area contributed by atoms with Gasteiger partial charge in [0.1, 0.15) is 0 Å². The molecule has 0 amide bonds. The van der Waals surface area contributed by atoms with Gasteiger partial charge in [-0.3, -0.25) is 0 Å². The molecule has 0 aromatic carbocycles. The van der Waals surface area contributed by atoms with Gasteiger partial charge < -0.3 is 5.11 Å². The number of rotatable bonds is 2. The van der Waals surface area contributed by atoms with Gasteiger partial charge in [0.05, 0.1) is 0 Å². The van der Waals surface area contributed by atoms with Crippen LogP contribution >= 0.6 is 0 Å². The summed E-state index contributed by atoms with van der Waals surface area (Å²) in [6, 6.07) is 0. The molecule has 19 heavy (non-hydrogen) atoms. The third kappa shape index (κ3) is 2.50. The van der Waals surface area contributed by atoms with Gasteiger partial charge in [-0.2, -0.15) is 13.2 Å². The van der Waals surface area contributed by atoms with E-state index in [1.807, 2.05) is 6.92 Å². The summed E-state index contributed by atoms with van der Waals surface area (Å²) in [5, 5.41) is 9.58. The summed E-state index contributed by atoms with van der Waals surface area (Å²) in [7, 11) is 0. The van der Waals surface area contributed by atoms with E-state index in [-0.39, 0.29) is 56.9 Å². The number of aliphatic hydroxyl groups is 1. The predicted octanol–water partition coefficient (Wildman–Crippen LogP) is 3.47. The zero-order valence-corrected chi connectivity index (χ0v) is 13.6. The molecule has 2 aliphatic carbocycles. The van der Waals surface area contributed by atoms with Crippen molar-refractivity contribution >= 4 is 0 Å². The van der Waals surface area contributed by atoms with Gasteiger partial charge in [0.15, 0.2) is 0 Å². The van der Waals surface area contributed by atoms with Crippen LogP contribution in [0.15, 0.2) is 0 Å². The molecule has 6 atom stereocenters. The fourth-order valence-electron chi connectivity index (χ4n) is 3.94. The minimum atomic E-state index is -5.28. The number of hydrogen-bond donors (Lipinski definition) is 1. The maximum atomic E-state index is 12.8. The van der Waals surface area contributed by atoms with Gasteiger partial charge in [-0.15, -0.1) is 0 Å². The summed E-state index contributed by atoms with van der Waals surface area (Å²) >= 11 is 0. The summed E-state index contributed by atoms with van der Waals surface area (Å²) in [4.78, 5) is 0. The molecule has 6 unspecified atom stereocenters. The van der Waals surface area contributed by atoms with E-state index in [9.17, 15) is 27.1 Å². The molecule has 0 spiro atoms. The minimum Gasteiger partial charge on any atom is -0.376 e. The van der Waals surface area contributed by atoms with Crippen LogP contribution in [0.25, 0.3) is 0 Å². The van der Waals surface area contributed by atoms with Crippen molar-refractivity contribution in [2.45, 2.75) is 44.9 Å². The average molecular weight is 361 g/mol. The molecule has 2 bridgehead atoms. The molecule has 2 fully saturated rings. The second kappa shape index (κ2) is 5.49. The second-order valence-corrected chi connectivity index (χ2v) is 5.84. The first-order valence-electron chi connectivity index (χ1n) is 6.18. The van der Waals surface area contributed by atoms with Gasteiger partial charge in [0, 0.05) is 38.6 Å². The average Bonchev–Trinajstić information content (AvgIpc) is 2.77.